The molecule has 2 aliphatic rings. The minimum absolute atomic E-state index is 0.0121. The van der Waals surface area contributed by atoms with Gasteiger partial charge in [0.15, 0.2) is 17.4 Å². The van der Waals surface area contributed by atoms with E-state index in [-0.39, 0.29) is 28.0 Å². The van der Waals surface area contributed by atoms with Gasteiger partial charge in [0.1, 0.15) is 0 Å². The molecule has 0 aromatic heterocycles. The van der Waals surface area contributed by atoms with Gasteiger partial charge in [0.25, 0.3) is 5.91 Å². The smallest absolute Gasteiger partial charge is 0.404 e. The van der Waals surface area contributed by atoms with E-state index in [4.69, 9.17) is 30.5 Å². The molecule has 4 rings (SSSR count). The van der Waals surface area contributed by atoms with Crippen molar-refractivity contribution in [1.82, 2.24) is 5.32 Å². The summed E-state index contributed by atoms with van der Waals surface area (Å²) in [7, 11) is 1.63. The van der Waals surface area contributed by atoms with Crippen LogP contribution < -0.4 is 5.32 Å². The van der Waals surface area contributed by atoms with E-state index in [0.717, 1.165) is 12.1 Å². The molecule has 1 heterocycles. The monoisotopic (exact) mass is 535 g/mol. The number of ether oxygens (including phenoxy) is 4. The minimum atomic E-state index is -1.02. The lowest BCUT2D eigenvalue weighted by atomic mass is 9.79. The first-order valence-electron chi connectivity index (χ1n) is 12.0. The van der Waals surface area contributed by atoms with E-state index in [1.807, 2.05) is 0 Å². The molecule has 1 spiro atoms. The van der Waals surface area contributed by atoms with Gasteiger partial charge < -0.3 is 24.3 Å². The highest BCUT2D eigenvalue weighted by atomic mass is 35.5. The van der Waals surface area contributed by atoms with Crippen LogP contribution in [0.4, 0.5) is 13.6 Å². The number of halogens is 3. The van der Waals surface area contributed by atoms with Gasteiger partial charge in [0, 0.05) is 24.3 Å². The first-order chi connectivity index (χ1) is 17.7. The van der Waals surface area contributed by atoms with Crippen LogP contribution in [-0.2, 0) is 23.7 Å². The van der Waals surface area contributed by atoms with E-state index in [2.05, 4.69) is 5.32 Å². The van der Waals surface area contributed by atoms with Crippen molar-refractivity contribution in [2.24, 2.45) is 0 Å². The van der Waals surface area contributed by atoms with Gasteiger partial charge in [0.2, 0.25) is 6.29 Å². The van der Waals surface area contributed by atoms with Gasteiger partial charge in [0.05, 0.1) is 17.2 Å². The van der Waals surface area contributed by atoms with Crippen molar-refractivity contribution in [3.05, 3.63) is 64.4 Å². The molecule has 1 atom stereocenters. The Hall–Kier alpha value is -3.01. The Labute approximate surface area is 218 Å². The van der Waals surface area contributed by atoms with Gasteiger partial charge in [-0.2, -0.15) is 0 Å². The Balaban J connectivity index is 1.79. The fourth-order valence-electron chi connectivity index (χ4n) is 4.83. The predicted molar refractivity (Wildman–Crippen MR) is 133 cm³/mol. The van der Waals surface area contributed by atoms with Crippen LogP contribution in [0.5, 0.6) is 0 Å². The Bertz CT molecular complexity index is 1230. The molecule has 10 heteroatoms. The molecule has 0 saturated heterocycles. The SMILES string of the molecule is CCOC(C)OC(=O)OC1=C(c2cc(-c3ccc(F)c(F)c3)ccc2Cl)C(=O)NC12CCC(OC)CC2. The van der Waals surface area contributed by atoms with Gasteiger partial charge in [-0.15, -0.1) is 0 Å². The van der Waals surface area contributed by atoms with Crippen molar-refractivity contribution in [3.63, 3.8) is 0 Å². The number of rotatable bonds is 7. The third kappa shape index (κ3) is 5.63. The molecule has 1 unspecified atom stereocenters. The normalized spacial score (nSPS) is 22.2. The van der Waals surface area contributed by atoms with Crippen molar-refractivity contribution in [2.75, 3.05) is 13.7 Å². The van der Waals surface area contributed by atoms with Gasteiger partial charge in [-0.1, -0.05) is 23.7 Å². The van der Waals surface area contributed by atoms with Crippen LogP contribution in [0, 0.1) is 11.6 Å². The molecule has 2 aromatic rings. The Morgan fingerprint density at radius 1 is 1.14 bits per heavy atom. The van der Waals surface area contributed by atoms with Crippen molar-refractivity contribution >= 4 is 29.2 Å². The zero-order valence-electron chi connectivity index (χ0n) is 20.7. The van der Waals surface area contributed by atoms with Gasteiger partial charge in [-0.05, 0) is 74.9 Å². The second kappa shape index (κ2) is 11.2. The summed E-state index contributed by atoms with van der Waals surface area (Å²) in [5.74, 6) is -2.35. The summed E-state index contributed by atoms with van der Waals surface area (Å²) in [4.78, 5) is 26.1. The average Bonchev–Trinajstić information content (AvgIpc) is 3.11. The number of hydrogen-bond donors (Lipinski definition) is 1. The summed E-state index contributed by atoms with van der Waals surface area (Å²) in [6, 6.07) is 8.27. The lowest BCUT2D eigenvalue weighted by Gasteiger charge is -2.37. The lowest BCUT2D eigenvalue weighted by Crippen LogP contribution is -2.49. The second-order valence-electron chi connectivity index (χ2n) is 8.99. The maximum absolute atomic E-state index is 13.9. The fourth-order valence-corrected chi connectivity index (χ4v) is 5.04. The van der Waals surface area contributed by atoms with E-state index in [0.29, 0.717) is 43.4 Å². The zero-order chi connectivity index (χ0) is 26.7. The van der Waals surface area contributed by atoms with Crippen LogP contribution in [0.2, 0.25) is 5.02 Å². The van der Waals surface area contributed by atoms with Crippen LogP contribution in [0.25, 0.3) is 16.7 Å². The number of hydrogen-bond acceptors (Lipinski definition) is 6. The third-order valence-corrected chi connectivity index (χ3v) is 7.03. The van der Waals surface area contributed by atoms with Crippen LogP contribution >= 0.6 is 11.6 Å². The van der Waals surface area contributed by atoms with E-state index in [1.54, 1.807) is 39.2 Å². The van der Waals surface area contributed by atoms with Gasteiger partial charge >= 0.3 is 6.16 Å². The number of benzene rings is 2. The van der Waals surface area contributed by atoms with E-state index in [1.165, 1.54) is 6.07 Å². The Morgan fingerprint density at radius 2 is 1.81 bits per heavy atom. The number of amides is 1. The molecule has 0 radical (unpaired) electrons. The lowest BCUT2D eigenvalue weighted by molar-refractivity contribution is -0.117. The molecule has 1 N–H and O–H groups in total. The summed E-state index contributed by atoms with van der Waals surface area (Å²) in [5, 5.41) is 3.22. The largest absolute Gasteiger partial charge is 0.515 e. The van der Waals surface area contributed by atoms with Gasteiger partial charge in [-0.25, -0.2) is 13.6 Å². The van der Waals surface area contributed by atoms with Crippen molar-refractivity contribution < 1.29 is 37.3 Å². The number of carbonyl (C=O) groups is 2. The van der Waals surface area contributed by atoms with Crippen molar-refractivity contribution in [1.29, 1.82) is 0 Å². The molecule has 1 amide bonds. The molecule has 0 bridgehead atoms. The van der Waals surface area contributed by atoms with Crippen LogP contribution in [0.15, 0.2) is 42.2 Å². The van der Waals surface area contributed by atoms with E-state index >= 15 is 0 Å². The molecule has 37 heavy (non-hydrogen) atoms. The van der Waals surface area contributed by atoms with Crippen molar-refractivity contribution in [2.45, 2.75) is 57.5 Å². The van der Waals surface area contributed by atoms with Crippen LogP contribution in [0.3, 0.4) is 0 Å². The van der Waals surface area contributed by atoms with Crippen molar-refractivity contribution in [3.8, 4) is 11.1 Å². The molecule has 1 aliphatic heterocycles. The van der Waals surface area contributed by atoms with Crippen LogP contribution in [0.1, 0.15) is 45.1 Å². The summed E-state index contributed by atoms with van der Waals surface area (Å²) in [6.07, 6.45) is 0.319. The average molecular weight is 536 g/mol. The molecule has 1 fully saturated rings. The molecule has 7 nitrogen and oxygen atoms in total. The van der Waals surface area contributed by atoms with E-state index < -0.39 is 35.5 Å². The highest BCUT2D eigenvalue weighted by Crippen LogP contribution is 2.45. The standard InChI is InChI=1S/C27H28ClF2NO6/c1-4-35-15(2)36-26(33)37-24-23(25(32)31-27(24)11-9-18(34-3)10-12-27)19-13-16(5-7-20(19)28)17-6-8-21(29)22(30)14-17/h5-8,13-15,18H,4,9-12H2,1-3H3,(H,31,32). The highest BCUT2D eigenvalue weighted by Gasteiger charge is 2.50. The second-order valence-corrected chi connectivity index (χ2v) is 9.40. The fraction of sp³-hybridized carbons (Fsp3) is 0.407. The topological polar surface area (TPSA) is 83.1 Å². The molecule has 1 aliphatic carbocycles. The van der Waals surface area contributed by atoms with E-state index in [9.17, 15) is 18.4 Å². The predicted octanol–water partition coefficient (Wildman–Crippen LogP) is 5.99. The Kier molecular flexibility index (Phi) is 8.16. The molecular weight excluding hydrogens is 508 g/mol. The minimum Gasteiger partial charge on any atom is -0.404 e. The zero-order valence-corrected chi connectivity index (χ0v) is 21.5. The summed E-state index contributed by atoms with van der Waals surface area (Å²) in [6.45, 7) is 3.65. The maximum Gasteiger partial charge on any atom is 0.515 e. The first kappa shape index (κ1) is 27.0. The third-order valence-electron chi connectivity index (χ3n) is 6.70. The summed E-state index contributed by atoms with van der Waals surface area (Å²) >= 11 is 6.53. The Morgan fingerprint density at radius 3 is 2.46 bits per heavy atom. The molecule has 198 valence electrons. The number of nitrogens with one attached hydrogen (secondary N) is 1. The molecule has 1 saturated carbocycles. The molecular formula is C27H28ClF2NO6. The summed E-state index contributed by atoms with van der Waals surface area (Å²) < 4.78 is 49.0. The molecule has 2 aromatic carbocycles. The summed E-state index contributed by atoms with van der Waals surface area (Å²) in [5.41, 5.74) is 0.281. The number of carbonyl (C=O) groups excluding carboxylic acids is 2. The maximum atomic E-state index is 13.9. The quantitative estimate of drug-likeness (QED) is 0.346. The van der Waals surface area contributed by atoms with Crippen LogP contribution in [-0.4, -0.2) is 43.7 Å². The number of methoxy groups -OCH3 is 1. The first-order valence-corrected chi connectivity index (χ1v) is 12.4. The highest BCUT2D eigenvalue weighted by molar-refractivity contribution is 6.36. The van der Waals surface area contributed by atoms with Gasteiger partial charge in [-0.3, -0.25) is 4.79 Å².